The number of methoxy groups -OCH3 is 1. The molecular weight excluding hydrogens is 336 g/mol. The van der Waals surface area contributed by atoms with Gasteiger partial charge in [0, 0.05) is 0 Å². The molecule has 27 heavy (non-hydrogen) atoms. The topological polar surface area (TPSA) is 35.5 Å². The zero-order valence-electron chi connectivity index (χ0n) is 16.4. The van der Waals surface area contributed by atoms with E-state index in [2.05, 4.69) is 18.2 Å². The van der Waals surface area contributed by atoms with Crippen molar-refractivity contribution in [2.45, 2.75) is 50.9 Å². The molecule has 2 aromatic rings. The van der Waals surface area contributed by atoms with E-state index < -0.39 is 5.41 Å². The number of rotatable bonds is 7. The van der Waals surface area contributed by atoms with Crippen molar-refractivity contribution in [2.75, 3.05) is 13.7 Å². The van der Waals surface area contributed by atoms with Crippen LogP contribution in [0, 0.1) is 5.92 Å². The second-order valence-electron chi connectivity index (χ2n) is 7.38. The van der Waals surface area contributed by atoms with Gasteiger partial charge in [-0.05, 0) is 49.3 Å². The van der Waals surface area contributed by atoms with Gasteiger partial charge in [-0.15, -0.1) is 0 Å². The molecule has 0 aliphatic heterocycles. The number of para-hydroxylation sites is 1. The molecule has 0 N–H and O–H groups in total. The molecule has 0 radical (unpaired) electrons. The summed E-state index contributed by atoms with van der Waals surface area (Å²) in [5.41, 5.74) is 1.44. The standard InChI is InChI=1S/C24H30O3/c1-3-27-23(25)24(20-13-6-4-7-14-20,21-15-8-5-9-16-21)18-19-12-10-11-17-22(19)26-2/h4,6-7,10-14,17,21H,3,5,8-9,15-16,18H2,1-2H3. The van der Waals surface area contributed by atoms with E-state index >= 15 is 0 Å². The van der Waals surface area contributed by atoms with Crippen LogP contribution in [-0.4, -0.2) is 19.7 Å². The van der Waals surface area contributed by atoms with Gasteiger partial charge in [-0.25, -0.2) is 0 Å². The number of carbonyl (C=O) groups excluding carboxylic acids is 1. The molecule has 144 valence electrons. The second kappa shape index (κ2) is 9.07. The Labute approximate surface area is 162 Å². The summed E-state index contributed by atoms with van der Waals surface area (Å²) in [4.78, 5) is 13.5. The van der Waals surface area contributed by atoms with E-state index in [1.54, 1.807) is 7.11 Å². The molecule has 1 fully saturated rings. The lowest BCUT2D eigenvalue weighted by molar-refractivity contribution is -0.153. The van der Waals surface area contributed by atoms with Gasteiger partial charge in [0.15, 0.2) is 0 Å². The van der Waals surface area contributed by atoms with Gasteiger partial charge in [-0.3, -0.25) is 4.79 Å². The monoisotopic (exact) mass is 366 g/mol. The first-order valence-corrected chi connectivity index (χ1v) is 10.1. The third-order valence-electron chi connectivity index (χ3n) is 5.89. The number of benzene rings is 2. The fraction of sp³-hybridized carbons (Fsp3) is 0.458. The van der Waals surface area contributed by atoms with Gasteiger partial charge in [-0.1, -0.05) is 67.8 Å². The number of esters is 1. The van der Waals surface area contributed by atoms with E-state index in [0.29, 0.717) is 13.0 Å². The first kappa shape index (κ1) is 19.5. The smallest absolute Gasteiger partial charge is 0.317 e. The highest BCUT2D eigenvalue weighted by Gasteiger charge is 2.48. The van der Waals surface area contributed by atoms with Crippen molar-refractivity contribution in [3.63, 3.8) is 0 Å². The van der Waals surface area contributed by atoms with Crippen LogP contribution in [-0.2, 0) is 21.4 Å². The van der Waals surface area contributed by atoms with Crippen LogP contribution >= 0.6 is 0 Å². The summed E-state index contributed by atoms with van der Waals surface area (Å²) >= 11 is 0. The van der Waals surface area contributed by atoms with Crippen LogP contribution in [0.2, 0.25) is 0 Å². The summed E-state index contributed by atoms with van der Waals surface area (Å²) in [7, 11) is 1.69. The van der Waals surface area contributed by atoms with Gasteiger partial charge >= 0.3 is 5.97 Å². The minimum atomic E-state index is -0.674. The Kier molecular flexibility index (Phi) is 6.54. The molecule has 0 heterocycles. The molecule has 3 nitrogen and oxygen atoms in total. The number of hydrogen-bond acceptors (Lipinski definition) is 3. The van der Waals surface area contributed by atoms with Crippen molar-refractivity contribution in [1.82, 2.24) is 0 Å². The van der Waals surface area contributed by atoms with Gasteiger partial charge < -0.3 is 9.47 Å². The molecule has 1 saturated carbocycles. The van der Waals surface area contributed by atoms with Crippen molar-refractivity contribution >= 4 is 5.97 Å². The van der Waals surface area contributed by atoms with Crippen LogP contribution in [0.25, 0.3) is 0 Å². The minimum absolute atomic E-state index is 0.103. The molecule has 3 rings (SSSR count). The molecule has 0 bridgehead atoms. The highest BCUT2D eigenvalue weighted by atomic mass is 16.5. The predicted octanol–water partition coefficient (Wildman–Crippen LogP) is 5.32. The van der Waals surface area contributed by atoms with Crippen LogP contribution < -0.4 is 4.74 Å². The summed E-state index contributed by atoms with van der Waals surface area (Å²) in [5.74, 6) is 1.00. The fourth-order valence-corrected chi connectivity index (χ4v) is 4.58. The van der Waals surface area contributed by atoms with Crippen molar-refractivity contribution in [1.29, 1.82) is 0 Å². The summed E-state index contributed by atoms with van der Waals surface area (Å²) in [6, 6.07) is 18.2. The summed E-state index contributed by atoms with van der Waals surface area (Å²) in [5, 5.41) is 0. The lowest BCUT2D eigenvalue weighted by Gasteiger charge is -2.41. The maximum Gasteiger partial charge on any atom is 0.317 e. The van der Waals surface area contributed by atoms with Gasteiger partial charge in [0.25, 0.3) is 0 Å². The predicted molar refractivity (Wildman–Crippen MR) is 108 cm³/mol. The van der Waals surface area contributed by atoms with E-state index in [1.165, 1.54) is 19.3 Å². The lowest BCUT2D eigenvalue weighted by Crippen LogP contribution is -2.47. The Morgan fingerprint density at radius 1 is 1.00 bits per heavy atom. The van der Waals surface area contributed by atoms with Gasteiger partial charge in [0.1, 0.15) is 5.75 Å². The zero-order chi connectivity index (χ0) is 19.1. The molecule has 1 aliphatic carbocycles. The second-order valence-corrected chi connectivity index (χ2v) is 7.38. The van der Waals surface area contributed by atoms with Crippen LogP contribution in [0.4, 0.5) is 0 Å². The van der Waals surface area contributed by atoms with E-state index in [1.807, 2.05) is 43.3 Å². The van der Waals surface area contributed by atoms with E-state index in [9.17, 15) is 4.79 Å². The average Bonchev–Trinajstić information content (AvgIpc) is 2.73. The van der Waals surface area contributed by atoms with E-state index in [0.717, 1.165) is 29.7 Å². The van der Waals surface area contributed by atoms with Crippen molar-refractivity contribution < 1.29 is 14.3 Å². The van der Waals surface area contributed by atoms with Crippen molar-refractivity contribution in [2.24, 2.45) is 5.92 Å². The number of hydrogen-bond donors (Lipinski definition) is 0. The van der Waals surface area contributed by atoms with Gasteiger partial charge in [0.2, 0.25) is 0 Å². The lowest BCUT2D eigenvalue weighted by atomic mass is 9.62. The highest BCUT2D eigenvalue weighted by molar-refractivity contribution is 5.84. The normalized spacial score (nSPS) is 17.1. The third kappa shape index (κ3) is 4.02. The number of ether oxygens (including phenoxy) is 2. The van der Waals surface area contributed by atoms with E-state index in [4.69, 9.17) is 9.47 Å². The van der Waals surface area contributed by atoms with Crippen LogP contribution in [0.5, 0.6) is 5.75 Å². The Bertz CT molecular complexity index is 734. The SMILES string of the molecule is CCOC(=O)C(Cc1ccccc1OC)(c1ccccc1)C1CCCCC1. The fourth-order valence-electron chi connectivity index (χ4n) is 4.58. The molecule has 0 saturated heterocycles. The Balaban J connectivity index is 2.14. The molecule has 1 unspecified atom stereocenters. The molecule has 3 heteroatoms. The molecule has 0 aromatic heterocycles. The maximum atomic E-state index is 13.5. The van der Waals surface area contributed by atoms with Crippen LogP contribution in [0.1, 0.15) is 50.2 Å². The molecular formula is C24H30O3. The van der Waals surface area contributed by atoms with Crippen LogP contribution in [0.15, 0.2) is 54.6 Å². The summed E-state index contributed by atoms with van der Waals surface area (Å²) in [6.45, 7) is 2.28. The first-order valence-electron chi connectivity index (χ1n) is 10.1. The maximum absolute atomic E-state index is 13.5. The Morgan fingerprint density at radius 2 is 1.67 bits per heavy atom. The molecule has 2 aromatic carbocycles. The molecule has 1 atom stereocenters. The number of carbonyl (C=O) groups is 1. The van der Waals surface area contributed by atoms with Crippen LogP contribution in [0.3, 0.4) is 0 Å². The van der Waals surface area contributed by atoms with Crippen molar-refractivity contribution in [3.8, 4) is 5.75 Å². The molecule has 0 spiro atoms. The summed E-state index contributed by atoms with van der Waals surface area (Å²) < 4.78 is 11.3. The third-order valence-corrected chi connectivity index (χ3v) is 5.89. The van der Waals surface area contributed by atoms with Crippen molar-refractivity contribution in [3.05, 3.63) is 65.7 Å². The average molecular weight is 367 g/mol. The van der Waals surface area contributed by atoms with Gasteiger partial charge in [0.05, 0.1) is 19.1 Å². The minimum Gasteiger partial charge on any atom is -0.496 e. The quantitative estimate of drug-likeness (QED) is 0.622. The largest absolute Gasteiger partial charge is 0.496 e. The molecule has 0 amide bonds. The Morgan fingerprint density at radius 3 is 2.33 bits per heavy atom. The summed E-state index contributed by atoms with van der Waals surface area (Å²) in [6.07, 6.45) is 6.31. The zero-order valence-corrected chi connectivity index (χ0v) is 16.4. The highest BCUT2D eigenvalue weighted by Crippen LogP contribution is 2.45. The molecule has 1 aliphatic rings. The van der Waals surface area contributed by atoms with Gasteiger partial charge in [-0.2, -0.15) is 0 Å². The van der Waals surface area contributed by atoms with E-state index in [-0.39, 0.29) is 11.9 Å². The first-order chi connectivity index (χ1) is 13.2. The Hall–Kier alpha value is -2.29.